The summed E-state index contributed by atoms with van der Waals surface area (Å²) in [4.78, 5) is 22.0. The van der Waals surface area contributed by atoms with Crippen LogP contribution in [0.4, 0.5) is 0 Å². The molecule has 0 unspecified atom stereocenters. The number of hydrogen-bond acceptors (Lipinski definition) is 3. The molecule has 0 saturated carbocycles. The second kappa shape index (κ2) is 6.36. The summed E-state index contributed by atoms with van der Waals surface area (Å²) in [6.45, 7) is 7.64. The fraction of sp³-hybridized carbons (Fsp3) is 0.467. The first-order valence-corrected chi connectivity index (χ1v) is 6.35. The number of carbonyl (C=O) groups excluding carboxylic acids is 2. The summed E-state index contributed by atoms with van der Waals surface area (Å²) >= 11 is 0. The van der Waals surface area contributed by atoms with Crippen LogP contribution < -0.4 is 10.1 Å². The SMILES string of the molecule is CC(=O)C(=O)NCCc1ccccc1OC(C)(C)C. The van der Waals surface area contributed by atoms with Crippen molar-refractivity contribution in [3.05, 3.63) is 29.8 Å². The van der Waals surface area contributed by atoms with Gasteiger partial charge in [0.2, 0.25) is 5.78 Å². The predicted octanol–water partition coefficient (Wildman–Crippen LogP) is 2.11. The Balaban J connectivity index is 2.63. The molecule has 0 aliphatic heterocycles. The third kappa shape index (κ3) is 5.55. The number of amides is 1. The molecule has 0 saturated heterocycles. The lowest BCUT2D eigenvalue weighted by molar-refractivity contribution is -0.136. The van der Waals surface area contributed by atoms with Crippen LogP contribution in [0.5, 0.6) is 5.75 Å². The molecule has 1 amide bonds. The van der Waals surface area contributed by atoms with Gasteiger partial charge in [-0.15, -0.1) is 0 Å². The Morgan fingerprint density at radius 2 is 1.84 bits per heavy atom. The minimum atomic E-state index is -0.547. The van der Waals surface area contributed by atoms with Gasteiger partial charge in [-0.1, -0.05) is 18.2 Å². The summed E-state index contributed by atoms with van der Waals surface area (Å²) in [6, 6.07) is 7.71. The van der Waals surface area contributed by atoms with Gasteiger partial charge in [0.25, 0.3) is 5.91 Å². The highest BCUT2D eigenvalue weighted by Gasteiger charge is 2.14. The summed E-state index contributed by atoms with van der Waals surface area (Å²) in [5.41, 5.74) is 0.750. The molecule has 0 spiro atoms. The van der Waals surface area contributed by atoms with Gasteiger partial charge in [-0.25, -0.2) is 0 Å². The number of carbonyl (C=O) groups is 2. The summed E-state index contributed by atoms with van der Waals surface area (Å²) in [7, 11) is 0. The van der Waals surface area contributed by atoms with Gasteiger partial charge in [-0.05, 0) is 38.8 Å². The zero-order valence-electron chi connectivity index (χ0n) is 11.9. The number of ether oxygens (including phenoxy) is 1. The molecule has 0 aliphatic carbocycles. The molecule has 1 aromatic carbocycles. The summed E-state index contributed by atoms with van der Waals surface area (Å²) in [6.07, 6.45) is 0.630. The highest BCUT2D eigenvalue weighted by Crippen LogP contribution is 2.23. The molecule has 4 heteroatoms. The molecule has 0 bridgehead atoms. The monoisotopic (exact) mass is 263 g/mol. The van der Waals surface area contributed by atoms with Crippen molar-refractivity contribution in [2.45, 2.75) is 39.7 Å². The molecule has 0 aliphatic rings. The van der Waals surface area contributed by atoms with E-state index in [4.69, 9.17) is 4.74 Å². The van der Waals surface area contributed by atoms with Gasteiger partial charge in [-0.3, -0.25) is 9.59 Å². The first kappa shape index (κ1) is 15.2. The van der Waals surface area contributed by atoms with Gasteiger partial charge in [0.05, 0.1) is 0 Å². The number of hydrogen-bond donors (Lipinski definition) is 1. The van der Waals surface area contributed by atoms with E-state index in [9.17, 15) is 9.59 Å². The predicted molar refractivity (Wildman–Crippen MR) is 74.2 cm³/mol. The Hall–Kier alpha value is -1.84. The van der Waals surface area contributed by atoms with Crippen LogP contribution in [-0.2, 0) is 16.0 Å². The van der Waals surface area contributed by atoms with Crippen LogP contribution in [0.15, 0.2) is 24.3 Å². The van der Waals surface area contributed by atoms with Crippen molar-refractivity contribution in [3.63, 3.8) is 0 Å². The van der Waals surface area contributed by atoms with Crippen LogP contribution in [0.3, 0.4) is 0 Å². The fourth-order valence-electron chi connectivity index (χ4n) is 1.57. The van der Waals surface area contributed by atoms with Crippen molar-refractivity contribution >= 4 is 11.7 Å². The number of benzene rings is 1. The molecule has 0 radical (unpaired) electrons. The Morgan fingerprint density at radius 1 is 1.21 bits per heavy atom. The van der Waals surface area contributed by atoms with Gasteiger partial charge in [0.15, 0.2) is 0 Å². The third-order valence-corrected chi connectivity index (χ3v) is 2.39. The first-order valence-electron chi connectivity index (χ1n) is 6.35. The van der Waals surface area contributed by atoms with E-state index in [2.05, 4.69) is 5.32 Å². The maximum atomic E-state index is 11.2. The zero-order valence-corrected chi connectivity index (χ0v) is 11.9. The maximum absolute atomic E-state index is 11.2. The zero-order chi connectivity index (χ0) is 14.5. The lowest BCUT2D eigenvalue weighted by Crippen LogP contribution is -2.31. The highest BCUT2D eigenvalue weighted by atomic mass is 16.5. The third-order valence-electron chi connectivity index (χ3n) is 2.39. The molecule has 1 rings (SSSR count). The summed E-state index contributed by atoms with van der Waals surface area (Å²) in [5, 5.41) is 2.58. The van der Waals surface area contributed by atoms with Crippen LogP contribution >= 0.6 is 0 Å². The number of para-hydroxylation sites is 1. The average Bonchev–Trinajstić information content (AvgIpc) is 2.29. The Morgan fingerprint density at radius 3 is 2.42 bits per heavy atom. The lowest BCUT2D eigenvalue weighted by Gasteiger charge is -2.23. The molecular weight excluding hydrogens is 242 g/mol. The molecule has 19 heavy (non-hydrogen) atoms. The topological polar surface area (TPSA) is 55.4 Å². The van der Waals surface area contributed by atoms with Gasteiger partial charge in [-0.2, -0.15) is 0 Å². The molecular formula is C15H21NO3. The second-order valence-corrected chi connectivity index (χ2v) is 5.38. The van der Waals surface area contributed by atoms with E-state index in [1.54, 1.807) is 0 Å². The molecule has 1 N–H and O–H groups in total. The molecule has 1 aromatic rings. The van der Waals surface area contributed by atoms with Gasteiger partial charge < -0.3 is 10.1 Å². The van der Waals surface area contributed by atoms with Crippen LogP contribution in [0, 0.1) is 0 Å². The van der Waals surface area contributed by atoms with E-state index < -0.39 is 11.7 Å². The van der Waals surface area contributed by atoms with Crippen molar-refractivity contribution in [2.24, 2.45) is 0 Å². The van der Waals surface area contributed by atoms with Gasteiger partial charge in [0.1, 0.15) is 11.4 Å². The second-order valence-electron chi connectivity index (χ2n) is 5.38. The summed E-state index contributed by atoms with van der Waals surface area (Å²) in [5.74, 6) is -0.208. The van der Waals surface area contributed by atoms with Crippen LogP contribution in [-0.4, -0.2) is 23.8 Å². The smallest absolute Gasteiger partial charge is 0.287 e. The van der Waals surface area contributed by atoms with Crippen molar-refractivity contribution in [2.75, 3.05) is 6.54 Å². The number of rotatable bonds is 5. The van der Waals surface area contributed by atoms with Crippen LogP contribution in [0.25, 0.3) is 0 Å². The quantitative estimate of drug-likeness (QED) is 0.828. The minimum Gasteiger partial charge on any atom is -0.488 e. The molecule has 104 valence electrons. The molecule has 4 nitrogen and oxygen atoms in total. The van der Waals surface area contributed by atoms with E-state index in [1.165, 1.54) is 6.92 Å². The van der Waals surface area contributed by atoms with Crippen LogP contribution in [0.1, 0.15) is 33.3 Å². The molecule has 0 heterocycles. The summed E-state index contributed by atoms with van der Waals surface area (Å²) < 4.78 is 5.86. The average molecular weight is 263 g/mol. The number of nitrogens with one attached hydrogen (secondary N) is 1. The number of ketones is 1. The number of Topliss-reactive ketones (excluding diaryl/α,β-unsaturated/α-hetero) is 1. The Labute approximate surface area is 114 Å². The van der Waals surface area contributed by atoms with Crippen molar-refractivity contribution in [3.8, 4) is 5.75 Å². The van der Waals surface area contributed by atoms with Crippen LogP contribution in [0.2, 0.25) is 0 Å². The first-order chi connectivity index (χ1) is 8.79. The highest BCUT2D eigenvalue weighted by molar-refractivity contribution is 6.35. The maximum Gasteiger partial charge on any atom is 0.287 e. The standard InChI is InChI=1S/C15H21NO3/c1-11(17)14(18)16-10-9-12-7-5-6-8-13(12)19-15(2,3)4/h5-8H,9-10H2,1-4H3,(H,16,18). The lowest BCUT2D eigenvalue weighted by atomic mass is 10.1. The fourth-order valence-corrected chi connectivity index (χ4v) is 1.57. The van der Waals surface area contributed by atoms with E-state index in [1.807, 2.05) is 45.0 Å². The van der Waals surface area contributed by atoms with Crippen molar-refractivity contribution in [1.29, 1.82) is 0 Å². The minimum absolute atomic E-state index is 0.265. The molecule has 0 fully saturated rings. The molecule has 0 atom stereocenters. The van der Waals surface area contributed by atoms with Gasteiger partial charge in [0, 0.05) is 13.5 Å². The van der Waals surface area contributed by atoms with E-state index in [0.29, 0.717) is 13.0 Å². The Bertz CT molecular complexity index is 461. The van der Waals surface area contributed by atoms with E-state index >= 15 is 0 Å². The van der Waals surface area contributed by atoms with E-state index in [0.717, 1.165) is 11.3 Å². The largest absolute Gasteiger partial charge is 0.488 e. The van der Waals surface area contributed by atoms with E-state index in [-0.39, 0.29) is 5.60 Å². The van der Waals surface area contributed by atoms with Crippen molar-refractivity contribution < 1.29 is 14.3 Å². The molecule has 0 aromatic heterocycles. The Kier molecular flexibility index (Phi) is 5.10. The normalized spacial score (nSPS) is 10.9. The van der Waals surface area contributed by atoms with Gasteiger partial charge >= 0.3 is 0 Å². The van der Waals surface area contributed by atoms with Crippen molar-refractivity contribution in [1.82, 2.24) is 5.32 Å².